The van der Waals surface area contributed by atoms with E-state index in [9.17, 15) is 9.59 Å². The molecule has 0 radical (unpaired) electrons. The van der Waals surface area contributed by atoms with Gasteiger partial charge in [-0.1, -0.05) is 31.5 Å². The lowest BCUT2D eigenvalue weighted by Crippen LogP contribution is -2.26. The number of unbranched alkanes of at least 4 members (excludes halogenated alkanes) is 3. The standard InChI is InChI=1S/C13H23N5O2/c1-10(2)11(13(14)20)7-5-3-4-6-8-16-12(19)9-17-18-15/h7,10H,3-6,8-9H2,1-2H3,(H2,14,20)(H,16,19). The maximum absolute atomic E-state index is 11.1. The highest BCUT2D eigenvalue weighted by molar-refractivity contribution is 5.92. The Labute approximate surface area is 119 Å². The van der Waals surface area contributed by atoms with Crippen LogP contribution < -0.4 is 11.1 Å². The summed E-state index contributed by atoms with van der Waals surface area (Å²) < 4.78 is 0. The Morgan fingerprint density at radius 2 is 2.05 bits per heavy atom. The number of nitrogens with two attached hydrogens (primary N) is 1. The lowest BCUT2D eigenvalue weighted by Gasteiger charge is -2.07. The Balaban J connectivity index is 3.72. The van der Waals surface area contributed by atoms with E-state index in [-0.39, 0.29) is 24.3 Å². The molecule has 0 rings (SSSR count). The molecule has 0 aromatic rings. The quantitative estimate of drug-likeness (QED) is 0.209. The Bertz CT molecular complexity index is 398. The molecule has 0 aliphatic heterocycles. The van der Waals surface area contributed by atoms with Crippen LogP contribution in [0.1, 0.15) is 39.5 Å². The Kier molecular flexibility index (Phi) is 9.78. The van der Waals surface area contributed by atoms with Gasteiger partial charge in [0.15, 0.2) is 0 Å². The number of hydrogen-bond donors (Lipinski definition) is 2. The average molecular weight is 281 g/mol. The summed E-state index contributed by atoms with van der Waals surface area (Å²) in [7, 11) is 0. The van der Waals surface area contributed by atoms with E-state index in [1.54, 1.807) is 0 Å². The third-order valence-corrected chi connectivity index (χ3v) is 2.75. The van der Waals surface area contributed by atoms with Gasteiger partial charge in [0.1, 0.15) is 6.54 Å². The van der Waals surface area contributed by atoms with Crippen molar-refractivity contribution >= 4 is 11.8 Å². The van der Waals surface area contributed by atoms with Crippen molar-refractivity contribution in [3.63, 3.8) is 0 Å². The zero-order valence-electron chi connectivity index (χ0n) is 12.1. The summed E-state index contributed by atoms with van der Waals surface area (Å²) in [6.45, 7) is 4.29. The number of rotatable bonds is 10. The molecule has 20 heavy (non-hydrogen) atoms. The van der Waals surface area contributed by atoms with Crippen LogP contribution in [0.4, 0.5) is 0 Å². The molecule has 0 spiro atoms. The van der Waals surface area contributed by atoms with E-state index in [1.807, 2.05) is 19.9 Å². The van der Waals surface area contributed by atoms with Crippen LogP contribution in [-0.2, 0) is 9.59 Å². The second-order valence-electron chi connectivity index (χ2n) is 4.77. The minimum absolute atomic E-state index is 0.146. The lowest BCUT2D eigenvalue weighted by molar-refractivity contribution is -0.119. The van der Waals surface area contributed by atoms with Gasteiger partial charge in [-0.3, -0.25) is 9.59 Å². The van der Waals surface area contributed by atoms with E-state index < -0.39 is 0 Å². The summed E-state index contributed by atoms with van der Waals surface area (Å²) in [4.78, 5) is 24.7. The van der Waals surface area contributed by atoms with Crippen LogP contribution in [0, 0.1) is 5.92 Å². The first-order valence-corrected chi connectivity index (χ1v) is 6.76. The molecule has 0 aromatic carbocycles. The summed E-state index contributed by atoms with van der Waals surface area (Å²) in [5, 5.41) is 5.83. The van der Waals surface area contributed by atoms with Crippen molar-refractivity contribution in [3.05, 3.63) is 22.1 Å². The van der Waals surface area contributed by atoms with Crippen LogP contribution >= 0.6 is 0 Å². The molecule has 2 amide bonds. The molecular formula is C13H23N5O2. The molecule has 7 nitrogen and oxygen atoms in total. The van der Waals surface area contributed by atoms with E-state index in [4.69, 9.17) is 11.3 Å². The van der Waals surface area contributed by atoms with Crippen molar-refractivity contribution in [1.29, 1.82) is 0 Å². The fraction of sp³-hybridized carbons (Fsp3) is 0.692. The molecule has 3 N–H and O–H groups in total. The molecule has 0 aliphatic rings. The molecule has 0 bridgehead atoms. The summed E-state index contributed by atoms with van der Waals surface area (Å²) in [5.74, 6) is -0.476. The van der Waals surface area contributed by atoms with Crippen LogP contribution in [-0.4, -0.2) is 24.9 Å². The van der Waals surface area contributed by atoms with Crippen LogP contribution in [0.3, 0.4) is 0 Å². The van der Waals surface area contributed by atoms with Gasteiger partial charge < -0.3 is 11.1 Å². The van der Waals surface area contributed by atoms with Gasteiger partial charge >= 0.3 is 0 Å². The Morgan fingerprint density at radius 3 is 2.60 bits per heavy atom. The van der Waals surface area contributed by atoms with Crippen LogP contribution in [0.15, 0.2) is 16.8 Å². The van der Waals surface area contributed by atoms with E-state index >= 15 is 0 Å². The van der Waals surface area contributed by atoms with E-state index in [2.05, 4.69) is 15.3 Å². The van der Waals surface area contributed by atoms with Crippen molar-refractivity contribution in [3.8, 4) is 0 Å². The molecule has 0 aliphatic carbocycles. The van der Waals surface area contributed by atoms with E-state index in [0.29, 0.717) is 12.1 Å². The number of hydrogen-bond acceptors (Lipinski definition) is 3. The predicted octanol–water partition coefficient (Wildman–Crippen LogP) is 2.04. The first-order chi connectivity index (χ1) is 9.49. The van der Waals surface area contributed by atoms with Crippen LogP contribution in [0.25, 0.3) is 10.4 Å². The van der Waals surface area contributed by atoms with E-state index in [1.165, 1.54) is 0 Å². The van der Waals surface area contributed by atoms with Crippen LogP contribution in [0.5, 0.6) is 0 Å². The first-order valence-electron chi connectivity index (χ1n) is 6.76. The number of amides is 2. The fourth-order valence-electron chi connectivity index (χ4n) is 1.70. The largest absolute Gasteiger partial charge is 0.366 e. The van der Waals surface area contributed by atoms with Crippen molar-refractivity contribution in [2.75, 3.05) is 13.1 Å². The molecule has 0 saturated carbocycles. The molecule has 0 aromatic heterocycles. The third-order valence-electron chi connectivity index (χ3n) is 2.75. The summed E-state index contributed by atoms with van der Waals surface area (Å²) in [6, 6.07) is 0. The van der Waals surface area contributed by atoms with Gasteiger partial charge in [-0.2, -0.15) is 0 Å². The number of allylic oxidation sites excluding steroid dienone is 1. The molecule has 0 unspecified atom stereocenters. The molecule has 7 heteroatoms. The summed E-state index contributed by atoms with van der Waals surface area (Å²) >= 11 is 0. The average Bonchev–Trinajstić information content (AvgIpc) is 2.38. The highest BCUT2D eigenvalue weighted by atomic mass is 16.2. The van der Waals surface area contributed by atoms with Gasteiger partial charge in [0, 0.05) is 17.0 Å². The van der Waals surface area contributed by atoms with Crippen LogP contribution in [0.2, 0.25) is 0 Å². The van der Waals surface area contributed by atoms with E-state index in [0.717, 1.165) is 25.7 Å². The zero-order valence-corrected chi connectivity index (χ0v) is 12.1. The number of nitrogens with zero attached hydrogens (tertiary/aromatic N) is 3. The number of primary amides is 1. The van der Waals surface area contributed by atoms with Crippen molar-refractivity contribution in [1.82, 2.24) is 5.32 Å². The van der Waals surface area contributed by atoms with Gasteiger partial charge in [0.05, 0.1) is 0 Å². The minimum Gasteiger partial charge on any atom is -0.366 e. The molecule has 112 valence electrons. The van der Waals surface area contributed by atoms with Gasteiger partial charge in [0.2, 0.25) is 11.8 Å². The number of azide groups is 1. The highest BCUT2D eigenvalue weighted by Crippen LogP contribution is 2.11. The first kappa shape index (κ1) is 18.0. The SMILES string of the molecule is CC(C)C(=CCCCCCNC(=O)CN=[N+]=[N-])C(N)=O. The van der Waals surface area contributed by atoms with Gasteiger partial charge in [-0.05, 0) is 30.7 Å². The monoisotopic (exact) mass is 281 g/mol. The molecule has 0 fully saturated rings. The Hall–Kier alpha value is -2.01. The number of carbonyl (C=O) groups is 2. The third kappa shape index (κ3) is 8.99. The van der Waals surface area contributed by atoms with Crippen molar-refractivity contribution < 1.29 is 9.59 Å². The van der Waals surface area contributed by atoms with Gasteiger partial charge in [0.25, 0.3) is 0 Å². The summed E-state index contributed by atoms with van der Waals surface area (Å²) in [5.41, 5.74) is 14.0. The van der Waals surface area contributed by atoms with Gasteiger partial charge in [-0.25, -0.2) is 0 Å². The second kappa shape index (κ2) is 10.9. The topological polar surface area (TPSA) is 121 Å². The highest BCUT2D eigenvalue weighted by Gasteiger charge is 2.08. The van der Waals surface area contributed by atoms with Crippen molar-refractivity contribution in [2.24, 2.45) is 16.8 Å². The molecule has 0 atom stereocenters. The molecule has 0 saturated heterocycles. The van der Waals surface area contributed by atoms with Gasteiger partial charge in [-0.15, -0.1) is 0 Å². The second-order valence-corrected chi connectivity index (χ2v) is 4.77. The smallest absolute Gasteiger partial charge is 0.244 e. The number of carbonyl (C=O) groups excluding carboxylic acids is 2. The fourth-order valence-corrected chi connectivity index (χ4v) is 1.70. The maximum atomic E-state index is 11.1. The minimum atomic E-state index is -0.356. The zero-order chi connectivity index (χ0) is 15.4. The summed E-state index contributed by atoms with van der Waals surface area (Å²) in [6.07, 6.45) is 5.44. The normalized spacial score (nSPS) is 11.1. The Morgan fingerprint density at radius 1 is 1.35 bits per heavy atom. The predicted molar refractivity (Wildman–Crippen MR) is 77.6 cm³/mol. The lowest BCUT2D eigenvalue weighted by atomic mass is 10.0. The van der Waals surface area contributed by atoms with Crippen molar-refractivity contribution in [2.45, 2.75) is 39.5 Å². The molecule has 0 heterocycles. The number of nitrogens with one attached hydrogen (secondary N) is 1. The maximum Gasteiger partial charge on any atom is 0.244 e. The molecular weight excluding hydrogens is 258 g/mol.